The highest BCUT2D eigenvalue weighted by Gasteiger charge is 2.47. The summed E-state index contributed by atoms with van der Waals surface area (Å²) in [7, 11) is 0.952. The number of carbonyl (C=O) groups excluding carboxylic acids is 2. The minimum Gasteiger partial charge on any atom is -0.467 e. The second kappa shape index (κ2) is 7.69. The van der Waals surface area contributed by atoms with E-state index in [2.05, 4.69) is 4.74 Å². The van der Waals surface area contributed by atoms with E-state index in [-0.39, 0.29) is 6.61 Å². The molecule has 8 heteroatoms. The molecular weight excluding hydrogens is 300 g/mol. The fourth-order valence-corrected chi connectivity index (χ4v) is 1.57. The molecular formula is C14H17F2NO5. The molecule has 1 rings (SSSR count). The fourth-order valence-electron chi connectivity index (χ4n) is 1.57. The van der Waals surface area contributed by atoms with Crippen LogP contribution < -0.4 is 5.32 Å². The Morgan fingerprint density at radius 3 is 2.41 bits per heavy atom. The lowest BCUT2D eigenvalue weighted by atomic mass is 9.97. The average Bonchev–Trinajstić information content (AvgIpc) is 2.50. The Morgan fingerprint density at radius 1 is 1.32 bits per heavy atom. The molecule has 1 aromatic rings. The molecule has 1 amide bonds. The lowest BCUT2D eigenvalue weighted by molar-refractivity contribution is -0.160. The third kappa shape index (κ3) is 4.66. The van der Waals surface area contributed by atoms with Crippen molar-refractivity contribution >= 4 is 12.1 Å². The number of carbonyl (C=O) groups is 2. The summed E-state index contributed by atoms with van der Waals surface area (Å²) in [4.78, 5) is 23.1. The number of benzene rings is 1. The van der Waals surface area contributed by atoms with Crippen molar-refractivity contribution in [1.82, 2.24) is 5.32 Å². The molecule has 0 aliphatic heterocycles. The van der Waals surface area contributed by atoms with E-state index in [4.69, 9.17) is 4.74 Å². The topological polar surface area (TPSA) is 84.9 Å². The minimum absolute atomic E-state index is 0.114. The van der Waals surface area contributed by atoms with Crippen LogP contribution >= 0.6 is 0 Å². The van der Waals surface area contributed by atoms with Crippen molar-refractivity contribution in [3.8, 4) is 0 Å². The van der Waals surface area contributed by atoms with Gasteiger partial charge in [-0.15, -0.1) is 0 Å². The maximum Gasteiger partial charge on any atom is 0.408 e. The first-order chi connectivity index (χ1) is 10.3. The molecule has 0 spiro atoms. The average molecular weight is 317 g/mol. The number of alkyl halides is 2. The molecule has 0 aromatic heterocycles. The Hall–Kier alpha value is -2.22. The monoisotopic (exact) mass is 317 g/mol. The zero-order chi connectivity index (χ0) is 16.8. The highest BCUT2D eigenvalue weighted by molar-refractivity contribution is 5.82. The number of halogens is 2. The van der Waals surface area contributed by atoms with Gasteiger partial charge in [-0.3, -0.25) is 0 Å². The molecule has 0 radical (unpaired) electrons. The molecule has 0 fully saturated rings. The summed E-state index contributed by atoms with van der Waals surface area (Å²) in [6.07, 6.45) is -4.40. The summed E-state index contributed by atoms with van der Waals surface area (Å²) in [5, 5.41) is 11.6. The van der Waals surface area contributed by atoms with E-state index >= 15 is 0 Å². The van der Waals surface area contributed by atoms with E-state index in [0.29, 0.717) is 5.56 Å². The molecule has 0 aliphatic carbocycles. The number of methoxy groups -OCH3 is 1. The summed E-state index contributed by atoms with van der Waals surface area (Å²) >= 11 is 0. The maximum atomic E-state index is 12.8. The van der Waals surface area contributed by atoms with Gasteiger partial charge in [-0.05, 0) is 12.5 Å². The molecule has 2 unspecified atom stereocenters. The molecule has 2 atom stereocenters. The molecule has 0 saturated carbocycles. The van der Waals surface area contributed by atoms with Crippen LogP contribution in [0.1, 0.15) is 12.5 Å². The van der Waals surface area contributed by atoms with Crippen molar-refractivity contribution in [2.24, 2.45) is 0 Å². The van der Waals surface area contributed by atoms with Crippen LogP contribution in [0.4, 0.5) is 13.6 Å². The van der Waals surface area contributed by atoms with Crippen molar-refractivity contribution in [3.05, 3.63) is 35.9 Å². The van der Waals surface area contributed by atoms with Gasteiger partial charge in [0.15, 0.2) is 11.6 Å². The van der Waals surface area contributed by atoms with Crippen LogP contribution in [0.2, 0.25) is 0 Å². The van der Waals surface area contributed by atoms with Crippen LogP contribution in [0.3, 0.4) is 0 Å². The smallest absolute Gasteiger partial charge is 0.408 e. The van der Waals surface area contributed by atoms with Crippen molar-refractivity contribution in [2.45, 2.75) is 31.6 Å². The molecule has 0 bridgehead atoms. The SMILES string of the molecule is COC(=O)C(NC(=O)OCc1ccccc1)C(C)(O)C(F)F. The van der Waals surface area contributed by atoms with Gasteiger partial charge in [0.25, 0.3) is 6.43 Å². The number of ether oxygens (including phenoxy) is 2. The van der Waals surface area contributed by atoms with Gasteiger partial charge in [-0.1, -0.05) is 30.3 Å². The minimum atomic E-state index is -3.27. The largest absolute Gasteiger partial charge is 0.467 e. The fraction of sp³-hybridized carbons (Fsp3) is 0.429. The quantitative estimate of drug-likeness (QED) is 0.776. The van der Waals surface area contributed by atoms with Crippen molar-refractivity contribution in [3.63, 3.8) is 0 Å². The Labute approximate surface area is 126 Å². The van der Waals surface area contributed by atoms with E-state index in [9.17, 15) is 23.5 Å². The van der Waals surface area contributed by atoms with Gasteiger partial charge < -0.3 is 19.9 Å². The first kappa shape index (κ1) is 17.8. The summed E-state index contributed by atoms with van der Waals surface area (Å²) < 4.78 is 34.7. The molecule has 0 heterocycles. The highest BCUT2D eigenvalue weighted by Crippen LogP contribution is 2.20. The normalized spacial score (nSPS) is 14.8. The van der Waals surface area contributed by atoms with Gasteiger partial charge in [0.1, 0.15) is 6.61 Å². The van der Waals surface area contributed by atoms with Crippen LogP contribution in [0, 0.1) is 0 Å². The van der Waals surface area contributed by atoms with Crippen LogP contribution in [-0.2, 0) is 20.9 Å². The number of aliphatic hydroxyl groups is 1. The third-order valence-electron chi connectivity index (χ3n) is 2.94. The Bertz CT molecular complexity index is 507. The third-order valence-corrected chi connectivity index (χ3v) is 2.94. The number of esters is 1. The number of hydrogen-bond acceptors (Lipinski definition) is 5. The zero-order valence-electron chi connectivity index (χ0n) is 12.1. The number of rotatable bonds is 6. The van der Waals surface area contributed by atoms with Crippen LogP contribution in [0.15, 0.2) is 30.3 Å². The Balaban J connectivity index is 2.69. The lowest BCUT2D eigenvalue weighted by Gasteiger charge is -2.30. The van der Waals surface area contributed by atoms with E-state index in [1.54, 1.807) is 30.3 Å². The second-order valence-corrected chi connectivity index (χ2v) is 4.69. The van der Waals surface area contributed by atoms with E-state index in [0.717, 1.165) is 14.0 Å². The number of nitrogens with one attached hydrogen (secondary N) is 1. The first-order valence-corrected chi connectivity index (χ1v) is 6.34. The van der Waals surface area contributed by atoms with Crippen molar-refractivity contribution in [1.29, 1.82) is 0 Å². The maximum absolute atomic E-state index is 12.8. The molecule has 0 aliphatic rings. The van der Waals surface area contributed by atoms with E-state index in [1.165, 1.54) is 0 Å². The molecule has 0 saturated heterocycles. The molecule has 2 N–H and O–H groups in total. The van der Waals surface area contributed by atoms with Gasteiger partial charge in [-0.25, -0.2) is 18.4 Å². The van der Waals surface area contributed by atoms with Gasteiger partial charge in [0.2, 0.25) is 0 Å². The Morgan fingerprint density at radius 2 is 1.91 bits per heavy atom. The Kier molecular flexibility index (Phi) is 6.24. The molecule has 122 valence electrons. The van der Waals surface area contributed by atoms with E-state index < -0.39 is 30.1 Å². The van der Waals surface area contributed by atoms with E-state index in [1.807, 2.05) is 5.32 Å². The summed E-state index contributed by atoms with van der Waals surface area (Å²) in [5.41, 5.74) is -2.12. The van der Waals surface area contributed by atoms with Gasteiger partial charge in [-0.2, -0.15) is 0 Å². The summed E-state index contributed by atoms with van der Waals surface area (Å²) in [6.45, 7) is 0.605. The summed E-state index contributed by atoms with van der Waals surface area (Å²) in [5.74, 6) is -1.21. The van der Waals surface area contributed by atoms with Crippen LogP contribution in [-0.4, -0.2) is 42.3 Å². The zero-order valence-corrected chi connectivity index (χ0v) is 12.1. The lowest BCUT2D eigenvalue weighted by Crippen LogP contribution is -2.59. The van der Waals surface area contributed by atoms with Crippen molar-refractivity contribution in [2.75, 3.05) is 7.11 Å². The van der Waals surface area contributed by atoms with Crippen LogP contribution in [0.25, 0.3) is 0 Å². The number of hydrogen-bond donors (Lipinski definition) is 2. The van der Waals surface area contributed by atoms with Gasteiger partial charge in [0, 0.05) is 0 Å². The standard InChI is InChI=1S/C14H17F2NO5/c1-14(20,12(15)16)10(11(18)21-2)17-13(19)22-8-9-6-4-3-5-7-9/h3-7,10,12,20H,8H2,1-2H3,(H,17,19). The van der Waals surface area contributed by atoms with Gasteiger partial charge in [0.05, 0.1) is 7.11 Å². The highest BCUT2D eigenvalue weighted by atomic mass is 19.3. The van der Waals surface area contributed by atoms with Crippen molar-refractivity contribution < 1.29 is 33.0 Å². The molecule has 1 aromatic carbocycles. The van der Waals surface area contributed by atoms with Crippen LogP contribution in [0.5, 0.6) is 0 Å². The number of amides is 1. The molecule has 6 nitrogen and oxygen atoms in total. The summed E-state index contributed by atoms with van der Waals surface area (Å²) in [6, 6.07) is 6.67. The predicted molar refractivity (Wildman–Crippen MR) is 72.2 cm³/mol. The molecule has 22 heavy (non-hydrogen) atoms. The first-order valence-electron chi connectivity index (χ1n) is 6.34. The number of alkyl carbamates (subject to hydrolysis) is 1. The van der Waals surface area contributed by atoms with Gasteiger partial charge >= 0.3 is 12.1 Å². The second-order valence-electron chi connectivity index (χ2n) is 4.69. The predicted octanol–water partition coefficient (Wildman–Crippen LogP) is 1.47.